The lowest BCUT2D eigenvalue weighted by molar-refractivity contribution is 0.487. The van der Waals surface area contributed by atoms with Gasteiger partial charge in [0.25, 0.3) is 6.71 Å². The molecule has 0 spiro atoms. The van der Waals surface area contributed by atoms with Gasteiger partial charge < -0.3 is 23.5 Å². The Bertz CT molecular complexity index is 4330. The number of rotatable bonds is 5. The fraction of sp³-hybridized carbons (Fsp3) is 0.222. The van der Waals surface area contributed by atoms with Gasteiger partial charge in [-0.15, -0.1) is 11.3 Å². The van der Waals surface area contributed by atoms with Crippen LogP contribution in [0.4, 0.5) is 34.1 Å². The lowest BCUT2D eigenvalue weighted by Crippen LogP contribution is -2.58. The molecule has 0 atom stereocenters. The molecule has 5 nitrogen and oxygen atoms in total. The third kappa shape index (κ3) is 7.78. The summed E-state index contributed by atoms with van der Waals surface area (Å²) in [6.45, 7) is 27.4. The highest BCUT2D eigenvalue weighted by Gasteiger charge is 2.47. The second-order valence-corrected chi connectivity index (χ2v) is 27.3. The Hall–Kier alpha value is -8.00. The van der Waals surface area contributed by atoms with Gasteiger partial charge in [-0.25, -0.2) is 0 Å². The number of hydrogen-bond acceptors (Lipinski definition) is 5. The molecule has 79 heavy (non-hydrogen) atoms. The Morgan fingerprint density at radius 3 is 1.54 bits per heavy atom. The first kappa shape index (κ1) is 49.3. The number of para-hydroxylation sites is 3. The van der Waals surface area contributed by atoms with E-state index in [9.17, 15) is 0 Å². The van der Waals surface area contributed by atoms with Gasteiger partial charge in [0.1, 0.15) is 22.7 Å². The highest BCUT2D eigenvalue weighted by Crippen LogP contribution is 2.52. The molecule has 9 aromatic carbocycles. The van der Waals surface area contributed by atoms with E-state index in [0.717, 1.165) is 89.5 Å². The lowest BCUT2D eigenvalue weighted by atomic mass is 9.36. The first-order valence-electron chi connectivity index (χ1n) is 28.0. The average molecular weight is 1050 g/mol. The summed E-state index contributed by atoms with van der Waals surface area (Å²) in [4.78, 5) is 4.92. The molecule has 0 saturated carbocycles. The minimum atomic E-state index is -0.237. The summed E-state index contributed by atoms with van der Waals surface area (Å²) in [6.07, 6.45) is 0. The smallest absolute Gasteiger partial charge is 0.273 e. The maximum absolute atomic E-state index is 7.76. The van der Waals surface area contributed by atoms with E-state index in [4.69, 9.17) is 9.15 Å². The van der Waals surface area contributed by atoms with Crippen LogP contribution in [0.3, 0.4) is 0 Å². The van der Waals surface area contributed by atoms with E-state index in [-0.39, 0.29) is 28.4 Å². The van der Waals surface area contributed by atoms with Gasteiger partial charge in [0, 0.05) is 71.4 Å². The number of ether oxygens (including phenoxy) is 1. The van der Waals surface area contributed by atoms with Gasteiger partial charge in [0.15, 0.2) is 0 Å². The van der Waals surface area contributed by atoms with Crippen molar-refractivity contribution in [3.05, 3.63) is 204 Å². The number of furan rings is 1. The Labute approximate surface area is 468 Å². The summed E-state index contributed by atoms with van der Waals surface area (Å²) in [5, 5.41) is 5.88. The van der Waals surface area contributed by atoms with Crippen molar-refractivity contribution in [2.75, 3.05) is 9.80 Å². The third-order valence-corrected chi connectivity index (χ3v) is 18.1. The number of anilines is 6. The molecule has 0 N–H and O–H groups in total. The number of benzene rings is 9. The summed E-state index contributed by atoms with van der Waals surface area (Å²) in [5.74, 6) is 1.62. The molecule has 0 amide bonds. The van der Waals surface area contributed by atoms with Gasteiger partial charge in [0.2, 0.25) is 0 Å². The van der Waals surface area contributed by atoms with Crippen molar-refractivity contribution >= 4 is 122 Å². The van der Waals surface area contributed by atoms with Crippen LogP contribution >= 0.6 is 11.3 Å². The first-order chi connectivity index (χ1) is 37.7. The highest BCUT2D eigenvalue weighted by atomic mass is 32.1. The van der Waals surface area contributed by atoms with Gasteiger partial charge in [-0.05, 0) is 134 Å². The number of nitrogens with zero attached hydrogens (tertiary/aromatic N) is 3. The number of thiophene rings is 1. The first-order valence-corrected chi connectivity index (χ1v) is 28.8. The molecule has 0 unspecified atom stereocenters. The summed E-state index contributed by atoms with van der Waals surface area (Å²) < 4.78 is 20.2. The summed E-state index contributed by atoms with van der Waals surface area (Å²) in [7, 11) is 0. The predicted molar refractivity (Wildman–Crippen MR) is 339 cm³/mol. The summed E-state index contributed by atoms with van der Waals surface area (Å²) in [6, 6.07) is 67.8. The molecule has 3 aromatic heterocycles. The topological polar surface area (TPSA) is 33.8 Å². The van der Waals surface area contributed by atoms with Gasteiger partial charge in [-0.1, -0.05) is 168 Å². The van der Waals surface area contributed by atoms with Crippen LogP contribution in [0.15, 0.2) is 186 Å². The van der Waals surface area contributed by atoms with Crippen molar-refractivity contribution in [3.8, 4) is 17.2 Å². The minimum Gasteiger partial charge on any atom is -0.458 e. The second-order valence-electron chi connectivity index (χ2n) is 26.2. The fourth-order valence-electron chi connectivity index (χ4n) is 12.5. The zero-order valence-corrected chi connectivity index (χ0v) is 48.3. The second kappa shape index (κ2) is 17.3. The van der Waals surface area contributed by atoms with Crippen molar-refractivity contribution in [2.45, 2.75) is 105 Å². The standard InChI is InChI=1S/C72H66BN3O2S/c1-69(2,3)43-27-32-49(33-28-43)75-58-40-50(74(47-21-15-13-16-22-47)48-23-17-14-18-24-48)41-60-64(58)73(68-66(75)54-39-46(72(10,11)12)31-36-62(54)79-68)65-61(77-60)42-57(63-51-25-19-20-26-59(51)78-67(63)65)76-55-34-29-44(70(4,5)6)37-52(55)53-38-45(71(7,8)9)30-35-56(53)76/h13-42H,1-12H3. The van der Waals surface area contributed by atoms with E-state index < -0.39 is 0 Å². The predicted octanol–water partition coefficient (Wildman–Crippen LogP) is 19.0. The third-order valence-electron chi connectivity index (χ3n) is 16.8. The van der Waals surface area contributed by atoms with Crippen LogP contribution in [-0.4, -0.2) is 11.3 Å². The van der Waals surface area contributed by atoms with E-state index in [1.165, 1.54) is 53.6 Å². The van der Waals surface area contributed by atoms with E-state index in [1.807, 2.05) is 11.3 Å². The van der Waals surface area contributed by atoms with E-state index in [2.05, 4.69) is 279 Å². The minimum absolute atomic E-state index is 0.0172. The van der Waals surface area contributed by atoms with Gasteiger partial charge >= 0.3 is 0 Å². The molecule has 0 radical (unpaired) electrons. The van der Waals surface area contributed by atoms with Crippen molar-refractivity contribution in [2.24, 2.45) is 0 Å². The van der Waals surface area contributed by atoms with Gasteiger partial charge in [-0.2, -0.15) is 0 Å². The van der Waals surface area contributed by atoms with Crippen LogP contribution in [0, 0.1) is 0 Å². The lowest BCUT2D eigenvalue weighted by Gasteiger charge is -2.40. The summed E-state index contributed by atoms with van der Waals surface area (Å²) in [5.41, 5.74) is 18.8. The quantitative estimate of drug-likeness (QED) is 0.161. The molecule has 12 aromatic rings. The van der Waals surface area contributed by atoms with Crippen LogP contribution in [0.2, 0.25) is 0 Å². The van der Waals surface area contributed by atoms with E-state index in [0.29, 0.717) is 0 Å². The maximum Gasteiger partial charge on any atom is 0.273 e. The SMILES string of the molecule is CC(C)(C)c1ccc(N2c3cc(N(c4ccccc4)c4ccccc4)cc4c3B(c3sc5ccc(C(C)(C)C)cc5c32)c2c(cc(-n3c5ccc(C(C)(C)C)cc5c5cc(C(C)(C)C)ccc53)c3c2oc2ccccc23)O4)cc1. The maximum atomic E-state index is 7.76. The van der Waals surface area contributed by atoms with Crippen LogP contribution in [0.25, 0.3) is 59.5 Å². The number of aromatic nitrogens is 1. The molecular weight excluding hydrogens is 982 g/mol. The van der Waals surface area contributed by atoms with E-state index >= 15 is 0 Å². The number of fused-ring (bicyclic) bond motifs is 13. The van der Waals surface area contributed by atoms with Crippen LogP contribution in [0.5, 0.6) is 11.5 Å². The Morgan fingerprint density at radius 1 is 0.443 bits per heavy atom. The number of hydrogen-bond donors (Lipinski definition) is 0. The Kier molecular flexibility index (Phi) is 10.8. The molecule has 7 heteroatoms. The molecular formula is C72H66BN3O2S. The van der Waals surface area contributed by atoms with Crippen molar-refractivity contribution in [3.63, 3.8) is 0 Å². The molecule has 390 valence electrons. The normalized spacial score (nSPS) is 13.6. The fourth-order valence-corrected chi connectivity index (χ4v) is 13.8. The largest absolute Gasteiger partial charge is 0.458 e. The molecule has 2 aliphatic heterocycles. The molecule has 5 heterocycles. The van der Waals surface area contributed by atoms with Crippen molar-refractivity contribution in [1.82, 2.24) is 4.57 Å². The molecule has 0 bridgehead atoms. The van der Waals surface area contributed by atoms with Crippen molar-refractivity contribution in [1.29, 1.82) is 0 Å². The van der Waals surface area contributed by atoms with Crippen LogP contribution in [0.1, 0.15) is 105 Å². The zero-order chi connectivity index (χ0) is 54.7. The average Bonchev–Trinajstić information content (AvgIpc) is 3.56. The molecule has 2 aliphatic rings. The Morgan fingerprint density at radius 2 is 0.962 bits per heavy atom. The molecule has 0 aliphatic carbocycles. The van der Waals surface area contributed by atoms with Crippen molar-refractivity contribution < 1.29 is 9.15 Å². The Balaban J connectivity index is 1.12. The van der Waals surface area contributed by atoms with E-state index in [1.54, 1.807) is 0 Å². The monoisotopic (exact) mass is 1050 g/mol. The van der Waals surface area contributed by atoms with Crippen LogP contribution < -0.4 is 30.2 Å². The van der Waals surface area contributed by atoms with Gasteiger partial charge in [0.05, 0.1) is 33.5 Å². The summed E-state index contributed by atoms with van der Waals surface area (Å²) >= 11 is 1.90. The zero-order valence-electron chi connectivity index (χ0n) is 47.5. The molecule has 0 fully saturated rings. The molecule has 14 rings (SSSR count). The molecule has 0 saturated heterocycles. The van der Waals surface area contributed by atoms with Crippen LogP contribution in [-0.2, 0) is 21.7 Å². The highest BCUT2D eigenvalue weighted by molar-refractivity contribution is 7.33. The van der Waals surface area contributed by atoms with Gasteiger partial charge in [-0.3, -0.25) is 0 Å².